The summed E-state index contributed by atoms with van der Waals surface area (Å²) in [5.74, 6) is 0.928. The molecule has 62 valence electrons. The van der Waals surface area contributed by atoms with E-state index in [0.717, 1.165) is 24.3 Å². The Balaban J connectivity index is 2.36. The molecule has 0 spiro atoms. The lowest BCUT2D eigenvalue weighted by molar-refractivity contribution is 0.414. The minimum absolute atomic E-state index is 0.928. The molecule has 1 aromatic rings. The van der Waals surface area contributed by atoms with Crippen molar-refractivity contribution >= 4 is 0 Å². The molecule has 0 atom stereocenters. The van der Waals surface area contributed by atoms with E-state index in [0.29, 0.717) is 0 Å². The van der Waals surface area contributed by atoms with Crippen LogP contribution in [0, 0.1) is 6.54 Å². The van der Waals surface area contributed by atoms with Crippen LogP contribution in [0.3, 0.4) is 0 Å². The van der Waals surface area contributed by atoms with Gasteiger partial charge in [0.2, 0.25) is 0 Å². The number of ether oxygens (including phenoxy) is 1. The van der Waals surface area contributed by atoms with Crippen molar-refractivity contribution in [2.24, 2.45) is 0 Å². The van der Waals surface area contributed by atoms with Gasteiger partial charge < -0.3 is 10.1 Å². The van der Waals surface area contributed by atoms with Gasteiger partial charge in [-0.05, 0) is 29.7 Å². The number of benzene rings is 1. The van der Waals surface area contributed by atoms with Crippen molar-refractivity contribution in [3.05, 3.63) is 35.9 Å². The van der Waals surface area contributed by atoms with Gasteiger partial charge in [0.25, 0.3) is 0 Å². The standard InChI is InChI=1S/C10H11NO/c1-12-10-3-2-9-7-11-5-4-8(9)6-10/h2-3,6,11H,4-5H2,1H3. The highest BCUT2D eigenvalue weighted by Crippen LogP contribution is 2.20. The molecule has 1 aliphatic rings. The van der Waals surface area contributed by atoms with E-state index >= 15 is 0 Å². The number of hydrogen-bond donors (Lipinski definition) is 1. The number of hydrogen-bond acceptors (Lipinski definition) is 2. The van der Waals surface area contributed by atoms with Gasteiger partial charge in [-0.3, -0.25) is 0 Å². The molecule has 2 radical (unpaired) electrons. The molecule has 1 aliphatic heterocycles. The fraction of sp³-hybridized carbons (Fsp3) is 0.300. The third-order valence-corrected chi connectivity index (χ3v) is 2.05. The van der Waals surface area contributed by atoms with Gasteiger partial charge in [-0.15, -0.1) is 0 Å². The Labute approximate surface area is 72.5 Å². The molecule has 0 bridgehead atoms. The van der Waals surface area contributed by atoms with E-state index in [1.807, 2.05) is 12.1 Å². The fourth-order valence-corrected chi connectivity index (χ4v) is 1.38. The first-order chi connectivity index (χ1) is 5.90. The van der Waals surface area contributed by atoms with Crippen LogP contribution in [0.4, 0.5) is 0 Å². The first-order valence-corrected chi connectivity index (χ1v) is 4.06. The van der Waals surface area contributed by atoms with Crippen LogP contribution >= 0.6 is 0 Å². The average Bonchev–Trinajstić information content (AvgIpc) is 2.17. The zero-order valence-electron chi connectivity index (χ0n) is 7.05. The molecule has 0 aliphatic carbocycles. The first kappa shape index (κ1) is 7.62. The molecule has 0 unspecified atom stereocenters. The van der Waals surface area contributed by atoms with E-state index < -0.39 is 0 Å². The monoisotopic (exact) mass is 161 g/mol. The molecular weight excluding hydrogens is 150 g/mol. The van der Waals surface area contributed by atoms with Crippen LogP contribution in [0.2, 0.25) is 0 Å². The lowest BCUT2D eigenvalue weighted by atomic mass is 10.0. The molecule has 1 N–H and O–H groups in total. The minimum atomic E-state index is 0.928. The summed E-state index contributed by atoms with van der Waals surface area (Å²) in [7, 11) is 1.69. The summed E-state index contributed by atoms with van der Waals surface area (Å²) in [5, 5.41) is 3.09. The molecule has 12 heavy (non-hydrogen) atoms. The maximum absolute atomic E-state index is 5.13. The quantitative estimate of drug-likeness (QED) is 0.668. The Hall–Kier alpha value is -1.02. The van der Waals surface area contributed by atoms with Gasteiger partial charge in [0.1, 0.15) is 5.75 Å². The zero-order chi connectivity index (χ0) is 8.39. The van der Waals surface area contributed by atoms with E-state index in [1.54, 1.807) is 7.11 Å². The highest BCUT2D eigenvalue weighted by molar-refractivity contribution is 5.40. The highest BCUT2D eigenvalue weighted by atomic mass is 16.5. The molecule has 0 fully saturated rings. The van der Waals surface area contributed by atoms with Gasteiger partial charge >= 0.3 is 0 Å². The van der Waals surface area contributed by atoms with Crippen LogP contribution in [-0.4, -0.2) is 13.7 Å². The van der Waals surface area contributed by atoms with Crippen LogP contribution in [0.15, 0.2) is 18.2 Å². The van der Waals surface area contributed by atoms with E-state index in [2.05, 4.69) is 17.9 Å². The van der Waals surface area contributed by atoms with Crippen LogP contribution < -0.4 is 10.1 Å². The van der Waals surface area contributed by atoms with E-state index in [1.165, 1.54) is 5.56 Å². The second kappa shape index (κ2) is 3.15. The number of methoxy groups -OCH3 is 1. The summed E-state index contributed by atoms with van der Waals surface area (Å²) >= 11 is 0. The van der Waals surface area contributed by atoms with Gasteiger partial charge in [-0.2, -0.15) is 0 Å². The summed E-state index contributed by atoms with van der Waals surface area (Å²) in [5.41, 5.74) is 2.47. The molecule has 1 aromatic carbocycles. The minimum Gasteiger partial charge on any atom is -0.497 e. The molecule has 2 nitrogen and oxygen atoms in total. The van der Waals surface area contributed by atoms with Gasteiger partial charge in [0.05, 0.1) is 13.7 Å². The van der Waals surface area contributed by atoms with Gasteiger partial charge in [0.15, 0.2) is 0 Å². The van der Waals surface area contributed by atoms with Crippen molar-refractivity contribution in [3.8, 4) is 5.75 Å². The van der Waals surface area contributed by atoms with Crippen LogP contribution in [0.5, 0.6) is 5.75 Å². The van der Waals surface area contributed by atoms with Crippen molar-refractivity contribution in [1.82, 2.24) is 5.32 Å². The third-order valence-electron chi connectivity index (χ3n) is 2.05. The van der Waals surface area contributed by atoms with E-state index in [9.17, 15) is 0 Å². The maximum atomic E-state index is 5.13. The Morgan fingerprint density at radius 3 is 3.25 bits per heavy atom. The van der Waals surface area contributed by atoms with Gasteiger partial charge in [-0.25, -0.2) is 0 Å². The van der Waals surface area contributed by atoms with Crippen LogP contribution in [0.1, 0.15) is 11.1 Å². The van der Waals surface area contributed by atoms with Crippen molar-refractivity contribution in [3.63, 3.8) is 0 Å². The number of nitrogens with one attached hydrogen (secondary N) is 1. The molecule has 0 saturated carbocycles. The average molecular weight is 161 g/mol. The molecule has 0 amide bonds. The summed E-state index contributed by atoms with van der Waals surface area (Å²) in [6, 6.07) is 6.06. The van der Waals surface area contributed by atoms with Crippen LogP contribution in [-0.2, 0) is 6.42 Å². The molecule has 2 heteroatoms. The zero-order valence-corrected chi connectivity index (χ0v) is 7.05. The molecule has 1 heterocycles. The summed E-state index contributed by atoms with van der Waals surface area (Å²) in [6.07, 6.45) is 1.06. The summed E-state index contributed by atoms with van der Waals surface area (Å²) in [6.45, 7) is 4.08. The number of fused-ring (bicyclic) bond motifs is 1. The van der Waals surface area contributed by atoms with Crippen LogP contribution in [0.25, 0.3) is 0 Å². The summed E-state index contributed by atoms with van der Waals surface area (Å²) in [4.78, 5) is 0. The first-order valence-electron chi connectivity index (χ1n) is 4.06. The summed E-state index contributed by atoms with van der Waals surface area (Å²) < 4.78 is 5.13. The Morgan fingerprint density at radius 1 is 1.50 bits per heavy atom. The Bertz CT molecular complexity index is 283. The maximum Gasteiger partial charge on any atom is 0.119 e. The van der Waals surface area contributed by atoms with E-state index in [4.69, 9.17) is 4.74 Å². The fourth-order valence-electron chi connectivity index (χ4n) is 1.38. The Morgan fingerprint density at radius 2 is 2.42 bits per heavy atom. The Kier molecular flexibility index (Phi) is 2.00. The predicted octanol–water partition coefficient (Wildman–Crippen LogP) is 1.23. The van der Waals surface area contributed by atoms with Crippen molar-refractivity contribution < 1.29 is 4.74 Å². The van der Waals surface area contributed by atoms with Crippen molar-refractivity contribution in [2.45, 2.75) is 6.42 Å². The molecular formula is C10H11NO. The molecule has 0 aromatic heterocycles. The largest absolute Gasteiger partial charge is 0.497 e. The second-order valence-electron chi connectivity index (χ2n) is 2.82. The van der Waals surface area contributed by atoms with Crippen molar-refractivity contribution in [2.75, 3.05) is 13.7 Å². The topological polar surface area (TPSA) is 21.3 Å². The number of rotatable bonds is 1. The lowest BCUT2D eigenvalue weighted by Crippen LogP contribution is -2.21. The predicted molar refractivity (Wildman–Crippen MR) is 47.0 cm³/mol. The van der Waals surface area contributed by atoms with Gasteiger partial charge in [0, 0.05) is 6.54 Å². The normalized spacial score (nSPS) is 15.4. The second-order valence-corrected chi connectivity index (χ2v) is 2.82. The third kappa shape index (κ3) is 1.30. The van der Waals surface area contributed by atoms with E-state index in [-0.39, 0.29) is 0 Å². The smallest absolute Gasteiger partial charge is 0.119 e. The highest BCUT2D eigenvalue weighted by Gasteiger charge is 2.09. The lowest BCUT2D eigenvalue weighted by Gasteiger charge is -2.16. The van der Waals surface area contributed by atoms with Crippen molar-refractivity contribution in [1.29, 1.82) is 0 Å². The molecule has 0 saturated heterocycles. The van der Waals surface area contributed by atoms with Gasteiger partial charge in [-0.1, -0.05) is 6.07 Å². The SMILES string of the molecule is COc1ccc2c(c1)CCN[C]2. The molecule has 2 rings (SSSR count).